The minimum atomic E-state index is -0.257. The summed E-state index contributed by atoms with van der Waals surface area (Å²) in [5.41, 5.74) is 1.56. The summed E-state index contributed by atoms with van der Waals surface area (Å²) in [6.07, 6.45) is 3.63. The fraction of sp³-hybridized carbons (Fsp3) is 0.562. The van der Waals surface area contributed by atoms with Crippen molar-refractivity contribution < 1.29 is 4.42 Å². The van der Waals surface area contributed by atoms with Crippen molar-refractivity contribution in [2.45, 2.75) is 31.8 Å². The molecule has 1 aliphatic rings. The van der Waals surface area contributed by atoms with E-state index in [4.69, 9.17) is 4.42 Å². The number of rotatable bonds is 4. The van der Waals surface area contributed by atoms with E-state index in [1.54, 1.807) is 4.57 Å². The van der Waals surface area contributed by atoms with E-state index in [0.29, 0.717) is 18.2 Å². The van der Waals surface area contributed by atoms with Crippen molar-refractivity contribution in [2.24, 2.45) is 0 Å². The predicted octanol–water partition coefficient (Wildman–Crippen LogP) is 1.67. The highest BCUT2D eigenvalue weighted by atomic mass is 16.4. The number of oxazole rings is 1. The summed E-state index contributed by atoms with van der Waals surface area (Å²) in [6, 6.07) is 8.22. The van der Waals surface area contributed by atoms with Crippen LogP contribution in [0.4, 0.5) is 0 Å². The molecule has 1 unspecified atom stereocenters. The number of benzene rings is 1. The highest BCUT2D eigenvalue weighted by molar-refractivity contribution is 5.72. The molecular weight excluding hydrogens is 266 g/mol. The fourth-order valence-corrected chi connectivity index (χ4v) is 3.11. The zero-order chi connectivity index (χ0) is 14.7. The van der Waals surface area contributed by atoms with Crippen LogP contribution in [0.1, 0.15) is 19.3 Å². The lowest BCUT2D eigenvalue weighted by Crippen LogP contribution is -2.35. The van der Waals surface area contributed by atoms with Gasteiger partial charge in [-0.3, -0.25) is 4.57 Å². The fourth-order valence-electron chi connectivity index (χ4n) is 3.11. The van der Waals surface area contributed by atoms with E-state index in [0.717, 1.165) is 25.2 Å². The number of fused-ring (bicyclic) bond motifs is 1. The van der Waals surface area contributed by atoms with Gasteiger partial charge in [0, 0.05) is 19.1 Å². The zero-order valence-corrected chi connectivity index (χ0v) is 12.5. The molecule has 1 aromatic carbocycles. The molecule has 2 heterocycles. The smallest absolute Gasteiger partial charge is 0.408 e. The number of nitrogens with zero attached hydrogens (tertiary/aromatic N) is 2. The molecule has 1 fully saturated rings. The Labute approximate surface area is 124 Å². The van der Waals surface area contributed by atoms with Crippen molar-refractivity contribution in [3.05, 3.63) is 34.8 Å². The molecule has 1 N–H and O–H groups in total. The van der Waals surface area contributed by atoms with Crippen LogP contribution in [0, 0.1) is 0 Å². The molecule has 0 saturated carbocycles. The van der Waals surface area contributed by atoms with E-state index in [9.17, 15) is 4.79 Å². The van der Waals surface area contributed by atoms with Crippen molar-refractivity contribution >= 4 is 11.1 Å². The third kappa shape index (κ3) is 3.19. The average Bonchev–Trinajstić information content (AvgIpc) is 2.68. The van der Waals surface area contributed by atoms with Crippen LogP contribution in [0.5, 0.6) is 0 Å². The number of hydrogen-bond donors (Lipinski definition) is 1. The predicted molar refractivity (Wildman–Crippen MR) is 83.6 cm³/mol. The first-order valence-electron chi connectivity index (χ1n) is 7.75. The third-order valence-corrected chi connectivity index (χ3v) is 4.42. The van der Waals surface area contributed by atoms with Crippen LogP contribution in [-0.4, -0.2) is 42.2 Å². The number of likely N-dealkylation sites (N-methyl/N-ethyl adjacent to an activating group) is 1. The molecule has 2 aromatic rings. The first-order chi connectivity index (χ1) is 10.3. The molecule has 0 spiro atoms. The molecule has 0 bridgehead atoms. The van der Waals surface area contributed by atoms with Crippen molar-refractivity contribution in [3.8, 4) is 0 Å². The molecule has 0 amide bonds. The van der Waals surface area contributed by atoms with Crippen LogP contribution in [0.25, 0.3) is 11.1 Å². The van der Waals surface area contributed by atoms with Gasteiger partial charge in [-0.2, -0.15) is 0 Å². The van der Waals surface area contributed by atoms with E-state index in [1.165, 1.54) is 19.3 Å². The first-order valence-corrected chi connectivity index (χ1v) is 7.75. The zero-order valence-electron chi connectivity index (χ0n) is 12.5. The maximum absolute atomic E-state index is 12.0. The number of hydrogen-bond acceptors (Lipinski definition) is 4. The summed E-state index contributed by atoms with van der Waals surface area (Å²) in [5, 5.41) is 3.44. The van der Waals surface area contributed by atoms with Gasteiger partial charge in [0.25, 0.3) is 0 Å². The Hall–Kier alpha value is -1.59. The lowest BCUT2D eigenvalue weighted by molar-refractivity contribution is 0.215. The molecule has 0 aliphatic carbocycles. The van der Waals surface area contributed by atoms with Gasteiger partial charge in [0.2, 0.25) is 0 Å². The molecule has 3 rings (SSSR count). The maximum Gasteiger partial charge on any atom is 0.419 e. The summed E-state index contributed by atoms with van der Waals surface area (Å²) in [6.45, 7) is 3.75. The summed E-state index contributed by atoms with van der Waals surface area (Å²) in [5.74, 6) is -0.257. The highest BCUT2D eigenvalue weighted by Gasteiger charge is 2.17. The highest BCUT2D eigenvalue weighted by Crippen LogP contribution is 2.14. The number of aromatic nitrogens is 1. The standard InChI is InChI=1S/C16H23N3O2/c1-18(13-5-4-9-17-10-8-13)11-12-19-14-6-2-3-7-15(14)21-16(19)20/h2-3,6-7,13,17H,4-5,8-12H2,1H3. The van der Waals surface area contributed by atoms with E-state index >= 15 is 0 Å². The van der Waals surface area contributed by atoms with Crippen molar-refractivity contribution in [1.82, 2.24) is 14.8 Å². The van der Waals surface area contributed by atoms with Crippen molar-refractivity contribution in [1.29, 1.82) is 0 Å². The Kier molecular flexibility index (Phi) is 4.41. The molecule has 114 valence electrons. The molecule has 1 atom stereocenters. The van der Waals surface area contributed by atoms with Gasteiger partial charge < -0.3 is 14.6 Å². The topological polar surface area (TPSA) is 50.4 Å². The van der Waals surface area contributed by atoms with E-state index in [-0.39, 0.29) is 5.76 Å². The SMILES string of the molecule is CN(CCn1c(=O)oc2ccccc21)C1CCCNCC1. The first kappa shape index (κ1) is 14.4. The van der Waals surface area contributed by atoms with E-state index in [1.807, 2.05) is 24.3 Å². The monoisotopic (exact) mass is 289 g/mol. The summed E-state index contributed by atoms with van der Waals surface area (Å²) >= 11 is 0. The van der Waals surface area contributed by atoms with Crippen LogP contribution >= 0.6 is 0 Å². The Balaban J connectivity index is 1.68. The van der Waals surface area contributed by atoms with Crippen LogP contribution in [0.3, 0.4) is 0 Å². The molecule has 0 radical (unpaired) electrons. The second-order valence-electron chi connectivity index (χ2n) is 5.80. The van der Waals surface area contributed by atoms with Gasteiger partial charge in [-0.15, -0.1) is 0 Å². The summed E-state index contributed by atoms with van der Waals surface area (Å²) in [4.78, 5) is 14.3. The Morgan fingerprint density at radius 3 is 3.10 bits per heavy atom. The van der Waals surface area contributed by atoms with Gasteiger partial charge in [0.05, 0.1) is 5.52 Å². The van der Waals surface area contributed by atoms with Gasteiger partial charge in [0.15, 0.2) is 5.58 Å². The van der Waals surface area contributed by atoms with Gasteiger partial charge >= 0.3 is 5.76 Å². The van der Waals surface area contributed by atoms with Crippen LogP contribution in [-0.2, 0) is 6.54 Å². The van der Waals surface area contributed by atoms with Gasteiger partial charge in [-0.05, 0) is 51.5 Å². The van der Waals surface area contributed by atoms with Crippen LogP contribution in [0.2, 0.25) is 0 Å². The van der Waals surface area contributed by atoms with E-state index in [2.05, 4.69) is 17.3 Å². The molecule has 1 aliphatic heterocycles. The Bertz CT molecular complexity index is 638. The van der Waals surface area contributed by atoms with Gasteiger partial charge in [0.1, 0.15) is 0 Å². The molecule has 1 saturated heterocycles. The second kappa shape index (κ2) is 6.45. The maximum atomic E-state index is 12.0. The minimum Gasteiger partial charge on any atom is -0.408 e. The van der Waals surface area contributed by atoms with Crippen LogP contribution in [0.15, 0.2) is 33.5 Å². The lowest BCUT2D eigenvalue weighted by atomic mass is 10.1. The summed E-state index contributed by atoms with van der Waals surface area (Å²) < 4.78 is 7.01. The normalized spacial score (nSPS) is 20.0. The molecule has 5 heteroatoms. The summed E-state index contributed by atoms with van der Waals surface area (Å²) in [7, 11) is 2.16. The average molecular weight is 289 g/mol. The lowest BCUT2D eigenvalue weighted by Gasteiger charge is -2.26. The number of para-hydroxylation sites is 2. The van der Waals surface area contributed by atoms with Crippen molar-refractivity contribution in [3.63, 3.8) is 0 Å². The minimum absolute atomic E-state index is 0.257. The molecular formula is C16H23N3O2. The van der Waals surface area contributed by atoms with Gasteiger partial charge in [-0.1, -0.05) is 12.1 Å². The van der Waals surface area contributed by atoms with E-state index < -0.39 is 0 Å². The van der Waals surface area contributed by atoms with Gasteiger partial charge in [-0.25, -0.2) is 4.79 Å². The molecule has 5 nitrogen and oxygen atoms in total. The number of nitrogens with one attached hydrogen (secondary N) is 1. The van der Waals surface area contributed by atoms with Crippen molar-refractivity contribution in [2.75, 3.05) is 26.7 Å². The molecule has 1 aromatic heterocycles. The second-order valence-corrected chi connectivity index (χ2v) is 5.80. The van der Waals surface area contributed by atoms with Crippen LogP contribution < -0.4 is 11.1 Å². The third-order valence-electron chi connectivity index (χ3n) is 4.42. The Morgan fingerprint density at radius 1 is 1.33 bits per heavy atom. The Morgan fingerprint density at radius 2 is 2.19 bits per heavy atom. The largest absolute Gasteiger partial charge is 0.419 e. The molecule has 21 heavy (non-hydrogen) atoms. The quantitative estimate of drug-likeness (QED) is 0.930.